The number of nitrogens with one attached hydrogen (secondary N) is 1. The van der Waals surface area contributed by atoms with Crippen LogP contribution < -0.4 is 5.32 Å². The molecule has 0 aromatic heterocycles. The van der Waals surface area contributed by atoms with E-state index in [1.807, 2.05) is 46.7 Å². The van der Waals surface area contributed by atoms with Crippen LogP contribution in [-0.4, -0.2) is 125 Å². The predicted molar refractivity (Wildman–Crippen MR) is 198 cm³/mol. The van der Waals surface area contributed by atoms with E-state index in [0.717, 1.165) is 0 Å². The molecule has 2 amide bonds. The molecular formula is C37H59Cl2N3O9. The number of urea groups is 1. The maximum absolute atomic E-state index is 14.1. The molecule has 1 fully saturated rings. The van der Waals surface area contributed by atoms with Gasteiger partial charge in [-0.1, -0.05) is 50.0 Å². The fraction of sp³-hybridized carbons (Fsp3) is 0.730. The molecule has 0 bridgehead atoms. The number of benzene rings is 1. The normalized spacial score (nSPS) is 38.6. The zero-order valence-electron chi connectivity index (χ0n) is 31.9. The summed E-state index contributed by atoms with van der Waals surface area (Å²) < 4.78 is 24.9. The first-order chi connectivity index (χ1) is 23.7. The van der Waals surface area contributed by atoms with Crippen LogP contribution in [0, 0.1) is 11.8 Å². The number of cyclic esters (lactones) is 1. The van der Waals surface area contributed by atoms with E-state index in [0.29, 0.717) is 23.6 Å². The van der Waals surface area contributed by atoms with Gasteiger partial charge in [0.2, 0.25) is 0 Å². The summed E-state index contributed by atoms with van der Waals surface area (Å²) in [5.74, 6) is -1.43. The molecular weight excluding hydrogens is 701 g/mol. The molecule has 12 atom stereocenters. The van der Waals surface area contributed by atoms with Crippen molar-refractivity contribution in [2.75, 3.05) is 33.1 Å². The zero-order valence-corrected chi connectivity index (χ0v) is 33.4. The fourth-order valence-corrected chi connectivity index (χ4v) is 7.94. The van der Waals surface area contributed by atoms with Crippen molar-refractivity contribution in [3.63, 3.8) is 0 Å². The van der Waals surface area contributed by atoms with Gasteiger partial charge >= 0.3 is 12.0 Å². The highest BCUT2D eigenvalue weighted by atomic mass is 35.5. The van der Waals surface area contributed by atoms with Gasteiger partial charge in [0.1, 0.15) is 23.9 Å². The molecule has 2 aliphatic heterocycles. The van der Waals surface area contributed by atoms with Crippen LogP contribution in [0.15, 0.2) is 29.8 Å². The van der Waals surface area contributed by atoms with E-state index in [1.165, 1.54) is 17.9 Å². The minimum Gasteiger partial charge on any atom is -0.456 e. The Morgan fingerprint density at radius 2 is 1.80 bits per heavy atom. The average Bonchev–Trinajstić information content (AvgIpc) is 3.05. The van der Waals surface area contributed by atoms with Crippen LogP contribution in [0.3, 0.4) is 0 Å². The number of esters is 1. The number of aliphatic hydroxyl groups is 3. The van der Waals surface area contributed by atoms with E-state index in [9.17, 15) is 24.9 Å². The molecule has 2 heterocycles. The zero-order chi connectivity index (χ0) is 38.6. The number of likely N-dealkylation sites (N-methyl/N-ethyl adjacent to an activating group) is 1. The van der Waals surface area contributed by atoms with Gasteiger partial charge < -0.3 is 49.4 Å². The van der Waals surface area contributed by atoms with Crippen molar-refractivity contribution in [3.8, 4) is 0 Å². The molecule has 0 radical (unpaired) electrons. The number of nitrogens with zero attached hydrogens (tertiary/aromatic N) is 2. The van der Waals surface area contributed by atoms with E-state index in [4.69, 9.17) is 42.1 Å². The minimum atomic E-state index is -1.95. The number of amides is 2. The lowest BCUT2D eigenvalue weighted by molar-refractivity contribution is -0.294. The third-order valence-corrected chi connectivity index (χ3v) is 11.0. The van der Waals surface area contributed by atoms with E-state index < -0.39 is 65.9 Å². The third kappa shape index (κ3) is 10.4. The van der Waals surface area contributed by atoms with Gasteiger partial charge in [0, 0.05) is 36.2 Å². The van der Waals surface area contributed by atoms with Crippen molar-refractivity contribution in [2.45, 2.75) is 135 Å². The lowest BCUT2D eigenvalue weighted by Gasteiger charge is -2.47. The van der Waals surface area contributed by atoms with Gasteiger partial charge in [-0.05, 0) is 92.1 Å². The first kappa shape index (κ1) is 43.4. The Labute approximate surface area is 313 Å². The second-order valence-corrected chi connectivity index (χ2v) is 15.9. The van der Waals surface area contributed by atoms with E-state index in [1.54, 1.807) is 46.1 Å². The Hall–Kier alpha value is -2.00. The Bertz CT molecular complexity index is 1380. The maximum atomic E-state index is 14.1. The number of anilines is 1. The molecule has 51 heavy (non-hydrogen) atoms. The predicted octanol–water partition coefficient (Wildman–Crippen LogP) is 5.49. The number of rotatable bonds is 6. The molecule has 3 rings (SSSR count). The largest absolute Gasteiger partial charge is 0.456 e. The highest BCUT2D eigenvalue weighted by molar-refractivity contribution is 6.36. The summed E-state index contributed by atoms with van der Waals surface area (Å²) in [4.78, 5) is 31.0. The molecule has 4 N–H and O–H groups in total. The monoisotopic (exact) mass is 759 g/mol. The van der Waals surface area contributed by atoms with Crippen LogP contribution in [0.4, 0.5) is 10.5 Å². The van der Waals surface area contributed by atoms with Crippen LogP contribution in [0.5, 0.6) is 0 Å². The SMILES string of the molecule is CC[C@H]1OC(=O)/C(C)=C\[C@H](C)[C@@H](O[C@@H]2O[C@H](C)C[C@H](N(C)C)[C@H]2O)C(C)(OC)C[C@@H](C)CN(C(=O)Nc2ccc(Cl)cc2Cl)[C@H](C)[C@@H](O)[C@]1(C)O. The molecule has 1 aromatic carbocycles. The highest BCUT2D eigenvalue weighted by Crippen LogP contribution is 2.37. The molecule has 0 spiro atoms. The van der Waals surface area contributed by atoms with Gasteiger partial charge in [0.05, 0.1) is 34.6 Å². The second kappa shape index (κ2) is 17.9. The van der Waals surface area contributed by atoms with Crippen molar-refractivity contribution >= 4 is 40.9 Å². The Morgan fingerprint density at radius 1 is 1.16 bits per heavy atom. The van der Waals surface area contributed by atoms with E-state index >= 15 is 0 Å². The van der Waals surface area contributed by atoms with Crippen LogP contribution in [-0.2, 0) is 23.7 Å². The number of carbonyl (C=O) groups is 2. The number of hydrogen-bond donors (Lipinski definition) is 4. The van der Waals surface area contributed by atoms with Crippen molar-refractivity contribution in [3.05, 3.63) is 39.9 Å². The average molecular weight is 761 g/mol. The summed E-state index contributed by atoms with van der Waals surface area (Å²) in [6, 6.07) is 2.90. The van der Waals surface area contributed by atoms with Crippen LogP contribution in [0.1, 0.15) is 74.7 Å². The summed E-state index contributed by atoms with van der Waals surface area (Å²) in [7, 11) is 5.37. The summed E-state index contributed by atoms with van der Waals surface area (Å²) in [6.07, 6.45) is -2.71. The van der Waals surface area contributed by atoms with Gasteiger partial charge in [-0.2, -0.15) is 0 Å². The van der Waals surface area contributed by atoms with Gasteiger partial charge in [-0.3, -0.25) is 0 Å². The van der Waals surface area contributed by atoms with E-state index in [2.05, 4.69) is 5.32 Å². The quantitative estimate of drug-likeness (QED) is 0.275. The molecule has 0 saturated carbocycles. The van der Waals surface area contributed by atoms with Crippen molar-refractivity contribution in [2.24, 2.45) is 11.8 Å². The molecule has 0 aliphatic carbocycles. The summed E-state index contributed by atoms with van der Waals surface area (Å²) in [6.45, 7) is 14.1. The molecule has 1 unspecified atom stereocenters. The number of halogens is 2. The highest BCUT2D eigenvalue weighted by Gasteiger charge is 2.48. The van der Waals surface area contributed by atoms with Gasteiger partial charge in [0.25, 0.3) is 0 Å². The second-order valence-electron chi connectivity index (χ2n) is 15.1. The standard InChI is InChI=1S/C37H59Cl2N3O9/c1-12-29-37(8,47)31(44)24(6)42(35(46)40-27-14-13-25(38)17-26(27)39)19-20(2)18-36(7,48-11)32(21(3)15-22(4)33(45)50-29)51-34-30(43)28(41(9)10)16-23(5)49-34/h13-15,17,20-21,23-24,28-32,34,43-44,47H,12,16,18-19H2,1-11H3,(H,40,46)/b22-15-/t20-,21+,23-,24-,28+,29-,30-,31-,32-,34+,36?,37-/m1/s1. The van der Waals surface area contributed by atoms with Gasteiger partial charge in [-0.15, -0.1) is 0 Å². The molecule has 12 nitrogen and oxygen atoms in total. The number of aliphatic hydroxyl groups excluding tert-OH is 2. The van der Waals surface area contributed by atoms with Gasteiger partial charge in [-0.25, -0.2) is 9.59 Å². The Kier molecular flexibility index (Phi) is 15.2. The van der Waals surface area contributed by atoms with Crippen molar-refractivity contribution in [1.82, 2.24) is 9.80 Å². The number of hydrogen-bond acceptors (Lipinski definition) is 10. The number of carbonyl (C=O) groups excluding carboxylic acids is 2. The van der Waals surface area contributed by atoms with Crippen LogP contribution >= 0.6 is 23.2 Å². The maximum Gasteiger partial charge on any atom is 0.333 e. The first-order valence-corrected chi connectivity index (χ1v) is 18.4. The molecule has 14 heteroatoms. The minimum absolute atomic E-state index is 0.110. The molecule has 1 saturated heterocycles. The molecule has 1 aromatic rings. The number of methoxy groups -OCH3 is 1. The number of ether oxygens (including phenoxy) is 4. The fourth-order valence-electron chi connectivity index (χ4n) is 7.48. The molecule has 2 aliphatic rings. The molecule has 290 valence electrons. The summed E-state index contributed by atoms with van der Waals surface area (Å²) >= 11 is 12.5. The Morgan fingerprint density at radius 3 is 2.37 bits per heavy atom. The topological polar surface area (TPSA) is 150 Å². The van der Waals surface area contributed by atoms with E-state index in [-0.39, 0.29) is 41.6 Å². The third-order valence-electron chi connectivity index (χ3n) is 10.5. The van der Waals surface area contributed by atoms with Crippen molar-refractivity contribution in [1.29, 1.82) is 0 Å². The van der Waals surface area contributed by atoms with Crippen LogP contribution in [0.25, 0.3) is 0 Å². The lowest BCUT2D eigenvalue weighted by atomic mass is 9.81. The van der Waals surface area contributed by atoms with Crippen LogP contribution in [0.2, 0.25) is 10.0 Å². The first-order valence-electron chi connectivity index (χ1n) is 17.7. The Balaban J connectivity index is 2.13. The van der Waals surface area contributed by atoms with Crippen molar-refractivity contribution < 1.29 is 43.9 Å². The summed E-state index contributed by atoms with van der Waals surface area (Å²) in [5, 5.41) is 38.3. The summed E-state index contributed by atoms with van der Waals surface area (Å²) in [5.41, 5.74) is -2.42. The smallest absolute Gasteiger partial charge is 0.333 e. The lowest BCUT2D eigenvalue weighted by Crippen LogP contribution is -2.61. The van der Waals surface area contributed by atoms with Gasteiger partial charge in [0.15, 0.2) is 6.29 Å².